The van der Waals surface area contributed by atoms with Gasteiger partial charge in [-0.25, -0.2) is 0 Å². The van der Waals surface area contributed by atoms with Gasteiger partial charge in [0.1, 0.15) is 0 Å². The molecule has 76 valence electrons. The first kappa shape index (κ1) is 10.7. The largest absolute Gasteiger partial charge is 0.779 e. The molecule has 0 fully saturated rings. The molecule has 0 bridgehead atoms. The Kier molecular flexibility index (Phi) is 3.46. The second-order valence-electron chi connectivity index (χ2n) is 3.00. The van der Waals surface area contributed by atoms with Crippen molar-refractivity contribution < 1.29 is 0 Å². The van der Waals surface area contributed by atoms with Crippen molar-refractivity contribution in [2.75, 3.05) is 0 Å². The predicted octanol–water partition coefficient (Wildman–Crippen LogP) is 3.65. The van der Waals surface area contributed by atoms with Crippen LogP contribution in [-0.4, -0.2) is 0 Å². The molecule has 3 heteroatoms. The highest BCUT2D eigenvalue weighted by molar-refractivity contribution is 7.99. The Hall–Kier alpha value is -0.770. The Balaban J connectivity index is 2.30. The summed E-state index contributed by atoms with van der Waals surface area (Å²) in [6.45, 7) is 0. The Morgan fingerprint density at radius 3 is 1.47 bits per heavy atom. The molecule has 0 aliphatic rings. The fourth-order valence-corrected chi connectivity index (χ4v) is 2.60. The van der Waals surface area contributed by atoms with Crippen LogP contribution in [0.1, 0.15) is 0 Å². The third kappa shape index (κ3) is 2.62. The lowest BCUT2D eigenvalue weighted by atomic mass is 10.4. The van der Waals surface area contributed by atoms with E-state index in [1.165, 1.54) is 0 Å². The topological polar surface area (TPSA) is 0 Å². The zero-order chi connectivity index (χ0) is 10.7. The van der Waals surface area contributed by atoms with E-state index in [0.29, 0.717) is 0 Å². The molecule has 0 aliphatic heterocycles. The van der Waals surface area contributed by atoms with E-state index in [-0.39, 0.29) is 0 Å². The highest BCUT2D eigenvalue weighted by Gasteiger charge is 1.96. The summed E-state index contributed by atoms with van der Waals surface area (Å²) < 4.78 is 0. The smallest absolute Gasteiger partial charge is 0.00700 e. The number of hydrogen-bond acceptors (Lipinski definition) is 3. The lowest BCUT2D eigenvalue weighted by Gasteiger charge is -2.16. The molecule has 0 heterocycles. The maximum atomic E-state index is 5.24. The summed E-state index contributed by atoms with van der Waals surface area (Å²) >= 11 is 12.1. The standard InChI is InChI=1S/C12H10S3/c13-9-5-1-3-7-11(9)15-12-8-4-2-6-10(12)14/h1-8,13-14H/p-2. The summed E-state index contributed by atoms with van der Waals surface area (Å²) in [6, 6.07) is 15.8. The molecule has 15 heavy (non-hydrogen) atoms. The van der Waals surface area contributed by atoms with Crippen LogP contribution >= 0.6 is 11.8 Å². The zero-order valence-corrected chi connectivity index (χ0v) is 10.3. The molecule has 2 aromatic rings. The quantitative estimate of drug-likeness (QED) is 0.745. The van der Waals surface area contributed by atoms with Gasteiger partial charge in [-0.15, -0.1) is 0 Å². The highest BCUT2D eigenvalue weighted by Crippen LogP contribution is 2.32. The van der Waals surface area contributed by atoms with E-state index in [0.717, 1.165) is 19.6 Å². The van der Waals surface area contributed by atoms with Crippen LogP contribution in [0, 0.1) is 0 Å². The summed E-state index contributed by atoms with van der Waals surface area (Å²) in [5.41, 5.74) is 0. The van der Waals surface area contributed by atoms with E-state index < -0.39 is 0 Å². The van der Waals surface area contributed by atoms with Crippen molar-refractivity contribution in [3.05, 3.63) is 48.5 Å². The van der Waals surface area contributed by atoms with Gasteiger partial charge in [0.2, 0.25) is 0 Å². The third-order valence-electron chi connectivity index (χ3n) is 1.92. The first-order valence-electron chi connectivity index (χ1n) is 4.47. The summed E-state index contributed by atoms with van der Waals surface area (Å²) in [5.74, 6) is 0. The van der Waals surface area contributed by atoms with Crippen LogP contribution in [0.25, 0.3) is 0 Å². The van der Waals surface area contributed by atoms with Gasteiger partial charge in [0.15, 0.2) is 0 Å². The van der Waals surface area contributed by atoms with Crippen LogP contribution in [0.3, 0.4) is 0 Å². The predicted molar refractivity (Wildman–Crippen MR) is 68.3 cm³/mol. The van der Waals surface area contributed by atoms with Crippen LogP contribution in [0.4, 0.5) is 0 Å². The lowest BCUT2D eigenvalue weighted by molar-refractivity contribution is 1.21. The lowest BCUT2D eigenvalue weighted by Crippen LogP contribution is -1.80. The average Bonchev–Trinajstić information content (AvgIpc) is 2.24. The van der Waals surface area contributed by atoms with Gasteiger partial charge in [-0.05, 0) is 21.9 Å². The molecular formula is C12H8S3-2. The summed E-state index contributed by atoms with van der Waals surface area (Å²) in [4.78, 5) is 3.93. The third-order valence-corrected chi connectivity index (χ3v) is 4.04. The van der Waals surface area contributed by atoms with Crippen molar-refractivity contribution in [3.8, 4) is 0 Å². The monoisotopic (exact) mass is 248 g/mol. The van der Waals surface area contributed by atoms with Gasteiger partial charge in [-0.2, -0.15) is 9.79 Å². The molecule has 0 amide bonds. The minimum absolute atomic E-state index is 0.876. The van der Waals surface area contributed by atoms with Crippen LogP contribution in [0.2, 0.25) is 0 Å². The molecule has 0 radical (unpaired) electrons. The van der Waals surface area contributed by atoms with Gasteiger partial charge in [0, 0.05) is 0 Å². The molecule has 0 aromatic heterocycles. The summed E-state index contributed by atoms with van der Waals surface area (Å²) in [5, 5.41) is 0. The number of hydrogen-bond donors (Lipinski definition) is 0. The molecular weight excluding hydrogens is 240 g/mol. The van der Waals surface area contributed by atoms with Gasteiger partial charge in [-0.1, -0.05) is 48.2 Å². The van der Waals surface area contributed by atoms with Crippen molar-refractivity contribution >= 4 is 37.0 Å². The highest BCUT2D eigenvalue weighted by atomic mass is 32.2. The van der Waals surface area contributed by atoms with Crippen LogP contribution < -0.4 is 0 Å². The summed E-state index contributed by atoms with van der Waals surface area (Å²) in [6.07, 6.45) is 0. The second kappa shape index (κ2) is 4.84. The Bertz CT molecular complexity index is 422. The van der Waals surface area contributed by atoms with Crippen molar-refractivity contribution in [3.63, 3.8) is 0 Å². The van der Waals surface area contributed by atoms with E-state index in [2.05, 4.69) is 0 Å². The van der Waals surface area contributed by atoms with Gasteiger partial charge in [0.25, 0.3) is 0 Å². The van der Waals surface area contributed by atoms with E-state index in [9.17, 15) is 0 Å². The van der Waals surface area contributed by atoms with Gasteiger partial charge in [-0.3, -0.25) is 0 Å². The first-order valence-corrected chi connectivity index (χ1v) is 6.10. The Morgan fingerprint density at radius 1 is 0.667 bits per heavy atom. The van der Waals surface area contributed by atoms with Crippen molar-refractivity contribution in [2.45, 2.75) is 19.6 Å². The molecule has 2 rings (SSSR count). The van der Waals surface area contributed by atoms with Crippen molar-refractivity contribution in [1.82, 2.24) is 0 Å². The molecule has 0 saturated heterocycles. The van der Waals surface area contributed by atoms with E-state index >= 15 is 0 Å². The maximum absolute atomic E-state index is 5.24. The molecule has 0 N–H and O–H groups in total. The number of benzene rings is 2. The SMILES string of the molecule is [S-]c1ccccc1Sc1ccccc1[S-]. The van der Waals surface area contributed by atoms with Crippen molar-refractivity contribution in [2.24, 2.45) is 0 Å². The normalized spacial score (nSPS) is 10.1. The molecule has 0 unspecified atom stereocenters. The first-order chi connectivity index (χ1) is 7.27. The number of rotatable bonds is 2. The molecule has 0 spiro atoms. The average molecular weight is 248 g/mol. The second-order valence-corrected chi connectivity index (χ2v) is 4.96. The van der Waals surface area contributed by atoms with E-state index in [4.69, 9.17) is 25.3 Å². The molecule has 0 nitrogen and oxygen atoms in total. The minimum atomic E-state index is 0.876. The fraction of sp³-hybridized carbons (Fsp3) is 0. The Labute approximate surface area is 105 Å². The van der Waals surface area contributed by atoms with Gasteiger partial charge in [0.05, 0.1) is 0 Å². The molecule has 0 saturated carbocycles. The minimum Gasteiger partial charge on any atom is -0.779 e. The van der Waals surface area contributed by atoms with Crippen LogP contribution in [-0.2, 0) is 25.3 Å². The zero-order valence-electron chi connectivity index (χ0n) is 7.84. The maximum Gasteiger partial charge on any atom is -0.00700 e. The van der Waals surface area contributed by atoms with Crippen LogP contribution in [0.15, 0.2) is 68.1 Å². The fourth-order valence-electron chi connectivity index (χ4n) is 1.19. The van der Waals surface area contributed by atoms with Gasteiger partial charge < -0.3 is 25.3 Å². The van der Waals surface area contributed by atoms with E-state index in [1.54, 1.807) is 11.8 Å². The molecule has 0 atom stereocenters. The summed E-state index contributed by atoms with van der Waals surface area (Å²) in [7, 11) is 0. The Morgan fingerprint density at radius 2 is 1.07 bits per heavy atom. The van der Waals surface area contributed by atoms with Gasteiger partial charge >= 0.3 is 0 Å². The molecule has 2 aromatic carbocycles. The van der Waals surface area contributed by atoms with Crippen molar-refractivity contribution in [1.29, 1.82) is 0 Å². The molecule has 0 aliphatic carbocycles. The van der Waals surface area contributed by atoms with E-state index in [1.807, 2.05) is 48.5 Å². The van der Waals surface area contributed by atoms with Crippen LogP contribution in [0.5, 0.6) is 0 Å².